The van der Waals surface area contributed by atoms with Crippen LogP contribution >= 0.6 is 11.6 Å². The zero-order valence-corrected chi connectivity index (χ0v) is 19.6. The van der Waals surface area contributed by atoms with Crippen molar-refractivity contribution in [1.82, 2.24) is 10.3 Å². The Balaban J connectivity index is 1.65. The number of carbonyl (C=O) groups is 2. The minimum absolute atomic E-state index is 0.00713. The molecular formula is C23H23ClN4O4S. The first kappa shape index (κ1) is 24.2. The van der Waals surface area contributed by atoms with Gasteiger partial charge in [0.05, 0.1) is 27.4 Å². The normalized spacial score (nSPS) is 11.0. The molecule has 8 nitrogen and oxygen atoms in total. The fourth-order valence-electron chi connectivity index (χ4n) is 2.91. The van der Waals surface area contributed by atoms with Gasteiger partial charge in [-0.1, -0.05) is 17.7 Å². The van der Waals surface area contributed by atoms with E-state index in [1.807, 2.05) is 19.9 Å². The van der Waals surface area contributed by atoms with Gasteiger partial charge in [0.15, 0.2) is 0 Å². The molecule has 0 bridgehead atoms. The van der Waals surface area contributed by atoms with E-state index in [0.29, 0.717) is 11.4 Å². The maximum absolute atomic E-state index is 12.8. The molecule has 0 spiro atoms. The molecule has 1 heterocycles. The summed E-state index contributed by atoms with van der Waals surface area (Å²) in [5.74, 6) is -0.888. The molecule has 172 valence electrons. The maximum atomic E-state index is 12.8. The van der Waals surface area contributed by atoms with E-state index in [-0.39, 0.29) is 34.4 Å². The monoisotopic (exact) mass is 486 g/mol. The first-order chi connectivity index (χ1) is 15.7. The highest BCUT2D eigenvalue weighted by Gasteiger charge is 2.19. The second-order valence-electron chi connectivity index (χ2n) is 7.34. The highest BCUT2D eigenvalue weighted by atomic mass is 35.5. The summed E-state index contributed by atoms with van der Waals surface area (Å²) in [4.78, 5) is 28.4. The minimum Gasteiger partial charge on any atom is -0.351 e. The average molecular weight is 487 g/mol. The predicted octanol–water partition coefficient (Wildman–Crippen LogP) is 3.91. The lowest BCUT2D eigenvalue weighted by atomic mass is 10.1. The van der Waals surface area contributed by atoms with Crippen LogP contribution < -0.4 is 15.4 Å². The number of hydrogen-bond donors (Lipinski definition) is 3. The van der Waals surface area contributed by atoms with Gasteiger partial charge in [0.1, 0.15) is 0 Å². The number of sulfonamides is 1. The molecule has 2 amide bonds. The molecule has 0 atom stereocenters. The summed E-state index contributed by atoms with van der Waals surface area (Å²) in [6, 6.07) is 12.5. The lowest BCUT2D eigenvalue weighted by Crippen LogP contribution is -2.28. The molecule has 1 aromatic heterocycles. The highest BCUT2D eigenvalue weighted by Crippen LogP contribution is 2.23. The molecule has 33 heavy (non-hydrogen) atoms. The second-order valence-corrected chi connectivity index (χ2v) is 9.43. The van der Waals surface area contributed by atoms with Crippen LogP contribution in [-0.2, 0) is 14.8 Å². The van der Waals surface area contributed by atoms with Gasteiger partial charge in [-0.15, -0.1) is 0 Å². The summed E-state index contributed by atoms with van der Waals surface area (Å²) in [6.07, 6.45) is 3.12. The van der Waals surface area contributed by atoms with Crippen molar-refractivity contribution < 1.29 is 18.0 Å². The molecular weight excluding hydrogens is 464 g/mol. The van der Waals surface area contributed by atoms with Crippen LogP contribution in [0.15, 0.2) is 65.8 Å². The van der Waals surface area contributed by atoms with E-state index in [1.165, 1.54) is 24.4 Å². The van der Waals surface area contributed by atoms with Crippen molar-refractivity contribution in [3.8, 4) is 0 Å². The van der Waals surface area contributed by atoms with Gasteiger partial charge in [-0.3, -0.25) is 19.3 Å². The number of anilines is 2. The van der Waals surface area contributed by atoms with Crippen molar-refractivity contribution in [3.05, 3.63) is 82.6 Å². The molecule has 0 radical (unpaired) electrons. The maximum Gasteiger partial charge on any atom is 0.261 e. The van der Waals surface area contributed by atoms with Crippen molar-refractivity contribution in [3.63, 3.8) is 0 Å². The topological polar surface area (TPSA) is 117 Å². The molecule has 0 saturated heterocycles. The molecule has 0 aliphatic heterocycles. The van der Waals surface area contributed by atoms with Crippen molar-refractivity contribution in [2.75, 3.05) is 16.6 Å². The van der Waals surface area contributed by atoms with E-state index < -0.39 is 15.9 Å². The Bertz CT molecular complexity index is 1280. The summed E-state index contributed by atoms with van der Waals surface area (Å²) in [6.45, 7) is 3.86. The number of benzene rings is 2. The molecule has 0 unspecified atom stereocenters. The molecule has 3 N–H and O–H groups in total. The van der Waals surface area contributed by atoms with E-state index in [2.05, 4.69) is 20.3 Å². The fourth-order valence-corrected chi connectivity index (χ4v) is 4.19. The van der Waals surface area contributed by atoms with Crippen molar-refractivity contribution in [2.24, 2.45) is 0 Å². The lowest BCUT2D eigenvalue weighted by Gasteiger charge is -2.12. The van der Waals surface area contributed by atoms with E-state index in [9.17, 15) is 18.0 Å². The smallest absolute Gasteiger partial charge is 0.261 e. The van der Waals surface area contributed by atoms with Crippen LogP contribution in [0.25, 0.3) is 0 Å². The average Bonchev–Trinajstić information content (AvgIpc) is 2.77. The number of pyridine rings is 1. The van der Waals surface area contributed by atoms with Gasteiger partial charge in [0, 0.05) is 24.8 Å². The highest BCUT2D eigenvalue weighted by molar-refractivity contribution is 7.92. The summed E-state index contributed by atoms with van der Waals surface area (Å²) < 4.78 is 28.1. The Morgan fingerprint density at radius 3 is 2.48 bits per heavy atom. The quantitative estimate of drug-likeness (QED) is 0.446. The number of carbonyl (C=O) groups excluding carboxylic acids is 2. The standard InChI is InChI=1S/C23H23ClN4O4S/c1-15-5-6-17(12-16(15)2)28-33(31,32)19-7-8-21(24)20(13-19)23(30)26-11-9-22(29)27-18-4-3-10-25-14-18/h3-8,10,12-14,28H,9,11H2,1-2H3,(H,26,30)(H,27,29). The predicted molar refractivity (Wildman–Crippen MR) is 128 cm³/mol. The zero-order valence-electron chi connectivity index (χ0n) is 18.1. The molecule has 0 aliphatic rings. The molecule has 10 heteroatoms. The number of aromatic nitrogens is 1. The minimum atomic E-state index is -3.94. The van der Waals surface area contributed by atoms with Crippen LogP contribution in [-0.4, -0.2) is 31.8 Å². The molecule has 0 fully saturated rings. The van der Waals surface area contributed by atoms with E-state index in [0.717, 1.165) is 11.1 Å². The number of nitrogens with zero attached hydrogens (tertiary/aromatic N) is 1. The van der Waals surface area contributed by atoms with E-state index in [1.54, 1.807) is 30.5 Å². The van der Waals surface area contributed by atoms with Crippen LogP contribution in [0.5, 0.6) is 0 Å². The Morgan fingerprint density at radius 1 is 1.00 bits per heavy atom. The molecule has 0 saturated carbocycles. The van der Waals surface area contributed by atoms with Crippen molar-refractivity contribution in [2.45, 2.75) is 25.2 Å². The van der Waals surface area contributed by atoms with E-state index >= 15 is 0 Å². The van der Waals surface area contributed by atoms with Gasteiger partial charge >= 0.3 is 0 Å². The summed E-state index contributed by atoms with van der Waals surface area (Å²) >= 11 is 6.13. The third-order valence-corrected chi connectivity index (χ3v) is 6.54. The summed E-state index contributed by atoms with van der Waals surface area (Å²) in [5.41, 5.74) is 2.94. The number of rotatable bonds is 8. The van der Waals surface area contributed by atoms with Crippen LogP contribution in [0.4, 0.5) is 11.4 Å². The third-order valence-electron chi connectivity index (χ3n) is 4.83. The fraction of sp³-hybridized carbons (Fsp3) is 0.174. The Morgan fingerprint density at radius 2 is 1.79 bits per heavy atom. The number of halogens is 1. The lowest BCUT2D eigenvalue weighted by molar-refractivity contribution is -0.116. The molecule has 3 aromatic rings. The molecule has 0 aliphatic carbocycles. The van der Waals surface area contributed by atoms with Crippen molar-refractivity contribution in [1.29, 1.82) is 0 Å². The van der Waals surface area contributed by atoms with Crippen LogP contribution in [0.2, 0.25) is 5.02 Å². The Kier molecular flexibility index (Phi) is 7.67. The van der Waals surface area contributed by atoms with Gasteiger partial charge in [-0.2, -0.15) is 0 Å². The number of aryl methyl sites for hydroxylation is 2. The Hall–Kier alpha value is -3.43. The largest absolute Gasteiger partial charge is 0.351 e. The second kappa shape index (κ2) is 10.5. The summed E-state index contributed by atoms with van der Waals surface area (Å²) in [7, 11) is -3.94. The van der Waals surface area contributed by atoms with Gasteiger partial charge in [-0.25, -0.2) is 8.42 Å². The van der Waals surface area contributed by atoms with Crippen molar-refractivity contribution >= 4 is 44.8 Å². The first-order valence-electron chi connectivity index (χ1n) is 10.0. The molecule has 2 aromatic carbocycles. The number of hydrogen-bond acceptors (Lipinski definition) is 5. The SMILES string of the molecule is Cc1ccc(NS(=O)(=O)c2ccc(Cl)c(C(=O)NCCC(=O)Nc3cccnc3)c2)cc1C. The van der Waals surface area contributed by atoms with E-state index in [4.69, 9.17) is 11.6 Å². The van der Waals surface area contributed by atoms with Crippen LogP contribution in [0, 0.1) is 13.8 Å². The van der Waals surface area contributed by atoms with Gasteiger partial charge in [0.25, 0.3) is 15.9 Å². The Labute approximate surface area is 197 Å². The number of amides is 2. The van der Waals surface area contributed by atoms with Crippen LogP contribution in [0.3, 0.4) is 0 Å². The third kappa shape index (κ3) is 6.53. The first-order valence-corrected chi connectivity index (χ1v) is 11.9. The zero-order chi connectivity index (χ0) is 24.0. The van der Waals surface area contributed by atoms with Gasteiger partial charge in [0.2, 0.25) is 5.91 Å². The van der Waals surface area contributed by atoms with Gasteiger partial charge in [-0.05, 0) is 67.4 Å². The molecule has 3 rings (SSSR count). The van der Waals surface area contributed by atoms with Gasteiger partial charge < -0.3 is 10.6 Å². The number of nitrogens with one attached hydrogen (secondary N) is 3. The summed E-state index contributed by atoms with van der Waals surface area (Å²) in [5, 5.41) is 5.34. The van der Waals surface area contributed by atoms with Crippen LogP contribution in [0.1, 0.15) is 27.9 Å².